The van der Waals surface area contributed by atoms with Crippen LogP contribution in [0, 0.1) is 0 Å². The average molecular weight is 491 g/mol. The summed E-state index contributed by atoms with van der Waals surface area (Å²) in [5.41, 5.74) is 1.39. The van der Waals surface area contributed by atoms with E-state index >= 15 is 0 Å². The van der Waals surface area contributed by atoms with Crippen molar-refractivity contribution >= 4 is 44.5 Å². The van der Waals surface area contributed by atoms with Gasteiger partial charge in [0.15, 0.2) is 0 Å². The third-order valence-corrected chi connectivity index (χ3v) is 6.42. The van der Waals surface area contributed by atoms with Crippen LogP contribution in [0.5, 0.6) is 5.75 Å². The van der Waals surface area contributed by atoms with E-state index in [9.17, 15) is 18.0 Å². The maximum Gasteiger partial charge on any atom is 0.573 e. The molecule has 10 heteroatoms. The predicted molar refractivity (Wildman–Crippen MR) is 106 cm³/mol. The summed E-state index contributed by atoms with van der Waals surface area (Å²) in [5, 5.41) is 4.69. The Bertz CT molecular complexity index is 954. The molecule has 0 atom stereocenters. The molecule has 3 rings (SSSR count). The molecule has 148 valence electrons. The molecule has 0 radical (unpaired) electrons. The van der Waals surface area contributed by atoms with Crippen LogP contribution in [0.15, 0.2) is 45.6 Å². The Morgan fingerprint density at radius 1 is 1.21 bits per heavy atom. The number of likely N-dealkylation sites (N-methyl/N-ethyl adjacent to an activating group) is 1. The first kappa shape index (κ1) is 20.8. The van der Waals surface area contributed by atoms with Gasteiger partial charge in [-0.1, -0.05) is 12.1 Å². The summed E-state index contributed by atoms with van der Waals surface area (Å²) < 4.78 is 41.4. The fourth-order valence-corrected chi connectivity index (χ4v) is 4.70. The van der Waals surface area contributed by atoms with Crippen molar-refractivity contribution in [3.63, 3.8) is 0 Å². The van der Waals surface area contributed by atoms with Gasteiger partial charge in [-0.15, -0.1) is 35.8 Å². The van der Waals surface area contributed by atoms with Gasteiger partial charge in [0.25, 0.3) is 0 Å². The molecule has 0 unspecified atom stereocenters. The third-order valence-electron chi connectivity index (χ3n) is 3.66. The largest absolute Gasteiger partial charge is 0.573 e. The molecule has 0 aliphatic heterocycles. The van der Waals surface area contributed by atoms with E-state index in [1.807, 2.05) is 16.8 Å². The summed E-state index contributed by atoms with van der Waals surface area (Å²) in [7, 11) is 1.64. The zero-order valence-corrected chi connectivity index (χ0v) is 17.7. The molecule has 2 aromatic heterocycles. The van der Waals surface area contributed by atoms with Gasteiger partial charge in [0.1, 0.15) is 10.8 Å². The molecule has 1 amide bonds. The van der Waals surface area contributed by atoms with Crippen LogP contribution in [0.1, 0.15) is 11.3 Å². The maximum atomic E-state index is 12.4. The summed E-state index contributed by atoms with van der Waals surface area (Å²) >= 11 is 6.46. The number of thiophene rings is 1. The fourth-order valence-electron chi connectivity index (χ4n) is 2.38. The van der Waals surface area contributed by atoms with E-state index in [4.69, 9.17) is 0 Å². The first-order valence-electron chi connectivity index (χ1n) is 7.97. The highest BCUT2D eigenvalue weighted by atomic mass is 79.9. The Morgan fingerprint density at radius 3 is 2.54 bits per heavy atom. The van der Waals surface area contributed by atoms with Crippen molar-refractivity contribution in [1.29, 1.82) is 0 Å². The highest BCUT2D eigenvalue weighted by molar-refractivity contribution is 9.10. The highest BCUT2D eigenvalue weighted by Gasteiger charge is 2.31. The van der Waals surface area contributed by atoms with Gasteiger partial charge in [-0.3, -0.25) is 4.79 Å². The molecule has 1 aromatic carbocycles. The summed E-state index contributed by atoms with van der Waals surface area (Å²) in [5.74, 6) is -0.416. The molecule has 0 bridgehead atoms. The summed E-state index contributed by atoms with van der Waals surface area (Å²) in [6.45, 7) is 0.278. The van der Waals surface area contributed by atoms with Gasteiger partial charge in [-0.2, -0.15) is 0 Å². The van der Waals surface area contributed by atoms with Crippen molar-refractivity contribution in [1.82, 2.24) is 9.88 Å². The van der Waals surface area contributed by atoms with E-state index in [0.29, 0.717) is 11.3 Å². The Labute approximate surface area is 175 Å². The number of carbonyl (C=O) groups is 1. The van der Waals surface area contributed by atoms with E-state index in [-0.39, 0.29) is 24.6 Å². The Hall–Kier alpha value is -1.91. The lowest BCUT2D eigenvalue weighted by Crippen LogP contribution is -2.27. The standard InChI is InChI=1S/C18H14BrF3N2O2S2/c1-24(8-11-2-4-14(5-3-11)26-18(20,21)22)16(25)7-13-10-28-17(23-13)15-6-12(19)9-27-15/h2-6,9-10H,7-8H2,1H3. The number of halogens is 4. The first-order chi connectivity index (χ1) is 13.2. The van der Waals surface area contributed by atoms with Crippen molar-refractivity contribution in [3.8, 4) is 15.6 Å². The lowest BCUT2D eigenvalue weighted by molar-refractivity contribution is -0.274. The van der Waals surface area contributed by atoms with Crippen LogP contribution in [-0.4, -0.2) is 29.2 Å². The van der Waals surface area contributed by atoms with E-state index in [1.54, 1.807) is 18.4 Å². The minimum absolute atomic E-state index is 0.125. The SMILES string of the molecule is CN(Cc1ccc(OC(F)(F)F)cc1)C(=O)Cc1csc(-c2cc(Br)cs2)n1. The average Bonchev–Trinajstić information content (AvgIpc) is 3.24. The molecule has 4 nitrogen and oxygen atoms in total. The number of benzene rings is 1. The van der Waals surface area contributed by atoms with Crippen molar-refractivity contribution in [3.05, 3.63) is 56.8 Å². The number of hydrogen-bond donors (Lipinski definition) is 0. The van der Waals surface area contributed by atoms with Crippen LogP contribution < -0.4 is 4.74 Å². The van der Waals surface area contributed by atoms with Gasteiger partial charge in [0, 0.05) is 28.8 Å². The van der Waals surface area contributed by atoms with Gasteiger partial charge < -0.3 is 9.64 Å². The zero-order chi connectivity index (χ0) is 20.3. The molecule has 0 aliphatic carbocycles. The quantitative estimate of drug-likeness (QED) is 0.442. The van der Waals surface area contributed by atoms with Crippen molar-refractivity contribution < 1.29 is 22.7 Å². The number of aromatic nitrogens is 1. The normalized spacial score (nSPS) is 11.5. The summed E-state index contributed by atoms with van der Waals surface area (Å²) in [6.07, 6.45) is -4.56. The maximum absolute atomic E-state index is 12.4. The number of rotatable bonds is 6. The smallest absolute Gasteiger partial charge is 0.406 e. The minimum Gasteiger partial charge on any atom is -0.406 e. The molecule has 0 saturated carbocycles. The number of hydrogen-bond acceptors (Lipinski definition) is 5. The molecule has 2 heterocycles. The molecule has 0 saturated heterocycles. The number of alkyl halides is 3. The molecular weight excluding hydrogens is 477 g/mol. The fraction of sp³-hybridized carbons (Fsp3) is 0.222. The van der Waals surface area contributed by atoms with Crippen LogP contribution in [0.4, 0.5) is 13.2 Å². The second kappa shape index (κ2) is 8.62. The van der Waals surface area contributed by atoms with Gasteiger partial charge >= 0.3 is 6.36 Å². The van der Waals surface area contributed by atoms with Crippen LogP contribution in [0.3, 0.4) is 0 Å². The van der Waals surface area contributed by atoms with Crippen LogP contribution in [-0.2, 0) is 17.8 Å². The molecule has 0 aliphatic rings. The topological polar surface area (TPSA) is 42.4 Å². The summed E-state index contributed by atoms with van der Waals surface area (Å²) in [4.78, 5) is 19.5. The minimum atomic E-state index is -4.72. The Kier molecular flexibility index (Phi) is 6.41. The number of ether oxygens (including phenoxy) is 1. The monoisotopic (exact) mass is 490 g/mol. The Morgan fingerprint density at radius 2 is 1.93 bits per heavy atom. The van der Waals surface area contributed by atoms with Gasteiger partial charge in [-0.05, 0) is 39.7 Å². The van der Waals surface area contributed by atoms with Gasteiger partial charge in [0.2, 0.25) is 5.91 Å². The number of nitrogens with zero attached hydrogens (tertiary/aromatic N) is 2. The van der Waals surface area contributed by atoms with Crippen molar-refractivity contribution in [2.45, 2.75) is 19.3 Å². The lowest BCUT2D eigenvalue weighted by atomic mass is 10.2. The van der Waals surface area contributed by atoms with Crippen LogP contribution in [0.2, 0.25) is 0 Å². The predicted octanol–water partition coefficient (Wildman–Crippen LogP) is 5.73. The van der Waals surface area contributed by atoms with Crippen molar-refractivity contribution in [2.24, 2.45) is 0 Å². The molecular formula is C18H14BrF3N2O2S2. The molecule has 0 fully saturated rings. The second-order valence-corrected chi connectivity index (χ2v) is 8.58. The molecule has 3 aromatic rings. The number of amides is 1. The van der Waals surface area contributed by atoms with Crippen LogP contribution >= 0.6 is 38.6 Å². The number of carbonyl (C=O) groups excluding carboxylic acids is 1. The first-order valence-corrected chi connectivity index (χ1v) is 10.5. The summed E-state index contributed by atoms with van der Waals surface area (Å²) in [6, 6.07) is 7.44. The number of thiazole rings is 1. The molecule has 0 N–H and O–H groups in total. The third kappa shape index (κ3) is 5.79. The van der Waals surface area contributed by atoms with Crippen LogP contribution in [0.25, 0.3) is 9.88 Å². The second-order valence-electron chi connectivity index (χ2n) is 5.89. The Balaban J connectivity index is 1.57. The van der Waals surface area contributed by atoms with E-state index in [1.165, 1.54) is 40.5 Å². The molecule has 28 heavy (non-hydrogen) atoms. The highest BCUT2D eigenvalue weighted by Crippen LogP contribution is 2.32. The van der Waals surface area contributed by atoms with E-state index < -0.39 is 6.36 Å². The van der Waals surface area contributed by atoms with Crippen molar-refractivity contribution in [2.75, 3.05) is 7.05 Å². The van der Waals surface area contributed by atoms with Gasteiger partial charge in [-0.25, -0.2) is 4.98 Å². The lowest BCUT2D eigenvalue weighted by Gasteiger charge is -2.17. The van der Waals surface area contributed by atoms with E-state index in [0.717, 1.165) is 14.4 Å². The zero-order valence-electron chi connectivity index (χ0n) is 14.5. The van der Waals surface area contributed by atoms with Gasteiger partial charge in [0.05, 0.1) is 17.0 Å². The molecule has 0 spiro atoms. The van der Waals surface area contributed by atoms with E-state index in [2.05, 4.69) is 25.7 Å².